The van der Waals surface area contributed by atoms with E-state index in [4.69, 9.17) is 5.26 Å². The Morgan fingerprint density at radius 1 is 1.15 bits per heavy atom. The molecule has 3 unspecified atom stereocenters. The van der Waals surface area contributed by atoms with Gasteiger partial charge in [-0.1, -0.05) is 31.6 Å². The van der Waals surface area contributed by atoms with E-state index in [1.54, 1.807) is 0 Å². The molecule has 2 saturated carbocycles. The van der Waals surface area contributed by atoms with Crippen LogP contribution in [0.3, 0.4) is 0 Å². The van der Waals surface area contributed by atoms with Crippen LogP contribution >= 0.6 is 0 Å². The van der Waals surface area contributed by atoms with Crippen molar-refractivity contribution in [2.75, 3.05) is 0 Å². The maximum Gasteiger partial charge on any atom is 0.158 e. The molecule has 142 valence electrons. The van der Waals surface area contributed by atoms with Crippen LogP contribution in [-0.4, -0.2) is 20.8 Å². The van der Waals surface area contributed by atoms with Crippen LogP contribution in [-0.2, 0) is 0 Å². The third kappa shape index (κ3) is 2.34. The lowest BCUT2D eigenvalue weighted by Gasteiger charge is -2.57. The summed E-state index contributed by atoms with van der Waals surface area (Å²) in [6.07, 6.45) is 16.2. The number of aliphatic hydroxyl groups is 1. The number of aliphatic hydroxyl groups excluding tert-OH is 1. The molecule has 0 spiro atoms. The third-order valence-electron chi connectivity index (χ3n) is 8.59. The Balaban J connectivity index is 1.47. The van der Waals surface area contributed by atoms with Gasteiger partial charge in [0.1, 0.15) is 12.4 Å². The quantitative estimate of drug-likeness (QED) is 0.746. The summed E-state index contributed by atoms with van der Waals surface area (Å²) in [4.78, 5) is 4.23. The van der Waals surface area contributed by atoms with Gasteiger partial charge < -0.3 is 9.67 Å². The van der Waals surface area contributed by atoms with Gasteiger partial charge in [0, 0.05) is 17.3 Å². The average Bonchev–Trinajstić information content (AvgIpc) is 3.25. The highest BCUT2D eigenvalue weighted by Crippen LogP contribution is 2.65. The van der Waals surface area contributed by atoms with Crippen molar-refractivity contribution in [3.63, 3.8) is 0 Å². The second-order valence-corrected chi connectivity index (χ2v) is 9.72. The molecule has 0 radical (unpaired) electrons. The van der Waals surface area contributed by atoms with Gasteiger partial charge in [-0.05, 0) is 68.1 Å². The van der Waals surface area contributed by atoms with Crippen LogP contribution in [0.1, 0.15) is 64.5 Å². The minimum atomic E-state index is -0.134. The molecule has 4 nitrogen and oxygen atoms in total. The van der Waals surface area contributed by atoms with Crippen molar-refractivity contribution in [1.29, 1.82) is 5.26 Å². The van der Waals surface area contributed by atoms with Crippen LogP contribution in [0.15, 0.2) is 30.2 Å². The first-order chi connectivity index (χ1) is 13.0. The minimum Gasteiger partial charge on any atom is -0.393 e. The molecule has 4 aliphatic carbocycles. The van der Waals surface area contributed by atoms with Crippen molar-refractivity contribution < 1.29 is 5.11 Å². The summed E-state index contributed by atoms with van der Waals surface area (Å²) >= 11 is 0. The molecule has 1 aromatic heterocycles. The van der Waals surface area contributed by atoms with Crippen LogP contribution in [0.2, 0.25) is 0 Å². The molecule has 0 amide bonds. The molecule has 1 N–H and O–H groups in total. The van der Waals surface area contributed by atoms with E-state index in [0.29, 0.717) is 11.6 Å². The second-order valence-electron chi connectivity index (χ2n) is 9.72. The van der Waals surface area contributed by atoms with Crippen molar-refractivity contribution in [1.82, 2.24) is 9.55 Å². The summed E-state index contributed by atoms with van der Waals surface area (Å²) in [5.74, 6) is 2.13. The van der Waals surface area contributed by atoms with E-state index in [1.165, 1.54) is 24.1 Å². The van der Waals surface area contributed by atoms with Gasteiger partial charge in [-0.25, -0.2) is 4.98 Å². The molecule has 6 atom stereocenters. The predicted octanol–water partition coefficient (Wildman–Crippen LogP) is 4.53. The first-order valence-electron chi connectivity index (χ1n) is 10.5. The Bertz CT molecular complexity index is 874. The Kier molecular flexibility index (Phi) is 3.72. The number of hydrogen-bond acceptors (Lipinski definition) is 3. The maximum absolute atomic E-state index is 10.2. The van der Waals surface area contributed by atoms with Crippen molar-refractivity contribution in [2.24, 2.45) is 28.6 Å². The molecule has 1 heterocycles. The van der Waals surface area contributed by atoms with Crippen LogP contribution in [0, 0.1) is 39.9 Å². The van der Waals surface area contributed by atoms with E-state index in [1.807, 2.05) is 12.5 Å². The number of rotatable bonds is 1. The van der Waals surface area contributed by atoms with Crippen molar-refractivity contribution in [2.45, 2.75) is 64.9 Å². The average molecular weight is 364 g/mol. The normalized spacial score (nSPS) is 43.0. The van der Waals surface area contributed by atoms with Gasteiger partial charge in [0.05, 0.1) is 6.10 Å². The van der Waals surface area contributed by atoms with E-state index in [0.717, 1.165) is 43.9 Å². The van der Waals surface area contributed by atoms with Crippen molar-refractivity contribution >= 4 is 5.70 Å². The first-order valence-corrected chi connectivity index (χ1v) is 10.5. The lowest BCUT2D eigenvalue weighted by Crippen LogP contribution is -2.50. The Morgan fingerprint density at radius 3 is 2.74 bits per heavy atom. The lowest BCUT2D eigenvalue weighted by atomic mass is 9.48. The topological polar surface area (TPSA) is 61.8 Å². The Hall–Kier alpha value is -1.86. The Labute approximate surface area is 161 Å². The van der Waals surface area contributed by atoms with Gasteiger partial charge in [0.2, 0.25) is 0 Å². The first kappa shape index (κ1) is 17.3. The van der Waals surface area contributed by atoms with Gasteiger partial charge in [-0.15, -0.1) is 0 Å². The zero-order valence-electron chi connectivity index (χ0n) is 16.4. The molecular weight excluding hydrogens is 334 g/mol. The van der Waals surface area contributed by atoms with Gasteiger partial charge in [-0.3, -0.25) is 0 Å². The smallest absolute Gasteiger partial charge is 0.158 e. The molecule has 5 rings (SSSR count). The van der Waals surface area contributed by atoms with Crippen LogP contribution in [0.25, 0.3) is 5.70 Å². The summed E-state index contributed by atoms with van der Waals surface area (Å²) in [6.45, 7) is 4.91. The summed E-state index contributed by atoms with van der Waals surface area (Å²) in [7, 11) is 0. The molecule has 4 aliphatic rings. The Morgan fingerprint density at radius 2 is 1.96 bits per heavy atom. The fraction of sp³-hybridized carbons (Fsp3) is 0.652. The number of nitrogens with zero attached hydrogens (tertiary/aromatic N) is 3. The lowest BCUT2D eigenvalue weighted by molar-refractivity contribution is -0.0249. The molecule has 4 heteroatoms. The number of aromatic nitrogens is 2. The monoisotopic (exact) mass is 363 g/mol. The second kappa shape index (κ2) is 5.82. The van der Waals surface area contributed by atoms with Crippen molar-refractivity contribution in [3.05, 3.63) is 35.9 Å². The highest BCUT2D eigenvalue weighted by atomic mass is 16.3. The predicted molar refractivity (Wildman–Crippen MR) is 104 cm³/mol. The molecule has 1 aromatic rings. The standard InChI is InChI=1S/C23H29N3O/c1-22-9-7-17(27)11-15(22)3-4-18-19-5-6-21(23(19,2)10-8-20(18)22)26-13-16(12-24)25-14-26/h3,6,13-14,17-20,27H,4-5,7-11H2,1-2H3/t17-,18?,19?,20?,22-,23-/m0/s1. The number of allylic oxidation sites excluding steroid dienone is 3. The van der Waals surface area contributed by atoms with Crippen molar-refractivity contribution in [3.8, 4) is 6.07 Å². The third-order valence-corrected chi connectivity index (χ3v) is 8.59. The molecule has 2 fully saturated rings. The van der Waals surface area contributed by atoms with Gasteiger partial charge in [0.25, 0.3) is 0 Å². The number of fused-ring (bicyclic) bond motifs is 5. The van der Waals surface area contributed by atoms with Crippen LogP contribution in [0.4, 0.5) is 0 Å². The summed E-state index contributed by atoms with van der Waals surface area (Å²) < 4.78 is 2.10. The number of hydrogen-bond donors (Lipinski definition) is 1. The van der Waals surface area contributed by atoms with Gasteiger partial charge in [-0.2, -0.15) is 5.26 Å². The SMILES string of the molecule is C[C@]12CC[C@H](O)CC1=CCC1C2CC[C@]2(C)C(n3cnc(C#N)c3)=CCC12. The molecule has 27 heavy (non-hydrogen) atoms. The minimum absolute atomic E-state index is 0.134. The molecular formula is C23H29N3O. The zero-order valence-corrected chi connectivity index (χ0v) is 16.4. The van der Waals surface area contributed by atoms with E-state index in [2.05, 4.69) is 41.6 Å². The van der Waals surface area contributed by atoms with E-state index in [9.17, 15) is 5.11 Å². The summed E-state index contributed by atoms with van der Waals surface area (Å²) in [5.41, 5.74) is 3.83. The van der Waals surface area contributed by atoms with E-state index >= 15 is 0 Å². The van der Waals surface area contributed by atoms with Gasteiger partial charge >= 0.3 is 0 Å². The summed E-state index contributed by atoms with van der Waals surface area (Å²) in [6, 6.07) is 2.15. The highest BCUT2D eigenvalue weighted by molar-refractivity contribution is 5.57. The number of imidazole rings is 1. The maximum atomic E-state index is 10.2. The largest absolute Gasteiger partial charge is 0.393 e. The fourth-order valence-corrected chi connectivity index (χ4v) is 7.10. The van der Waals surface area contributed by atoms with Gasteiger partial charge in [0.15, 0.2) is 5.69 Å². The van der Waals surface area contributed by atoms with E-state index in [-0.39, 0.29) is 16.9 Å². The highest BCUT2D eigenvalue weighted by Gasteiger charge is 2.57. The molecule has 0 aliphatic heterocycles. The molecule has 0 aromatic carbocycles. The summed E-state index contributed by atoms with van der Waals surface area (Å²) in [5, 5.41) is 19.3. The molecule has 0 saturated heterocycles. The van der Waals surface area contributed by atoms with Crippen LogP contribution < -0.4 is 0 Å². The van der Waals surface area contributed by atoms with Crippen LogP contribution in [0.5, 0.6) is 0 Å². The fourth-order valence-electron chi connectivity index (χ4n) is 7.10. The molecule has 0 bridgehead atoms. The van der Waals surface area contributed by atoms with E-state index < -0.39 is 0 Å². The number of nitriles is 1. The zero-order chi connectivity index (χ0) is 18.8.